The van der Waals surface area contributed by atoms with Crippen LogP contribution in [0.2, 0.25) is 36.3 Å². The number of Topliss-reactive ketones (excluding diaryl/α,β-unsaturated/α-hetero) is 1. The van der Waals surface area contributed by atoms with Gasteiger partial charge in [0.05, 0.1) is 6.10 Å². The van der Waals surface area contributed by atoms with Crippen LogP contribution in [0.4, 0.5) is 0 Å². The molecule has 5 nitrogen and oxygen atoms in total. The van der Waals surface area contributed by atoms with E-state index in [2.05, 4.69) is 67.7 Å². The van der Waals surface area contributed by atoms with Crippen molar-refractivity contribution < 1.29 is 23.1 Å². The highest BCUT2D eigenvalue weighted by Crippen LogP contribution is 2.46. The first-order valence-corrected chi connectivity index (χ1v) is 17.5. The summed E-state index contributed by atoms with van der Waals surface area (Å²) in [5, 5.41) is 0.0860. The van der Waals surface area contributed by atoms with E-state index in [0.29, 0.717) is 12.0 Å². The second-order valence-electron chi connectivity index (χ2n) is 12.6. The summed E-state index contributed by atoms with van der Waals surface area (Å²) < 4.78 is 26.5. The van der Waals surface area contributed by atoms with Crippen LogP contribution < -0.4 is 0 Å². The highest BCUT2D eigenvalue weighted by atomic mass is 28.4. The maximum atomic E-state index is 12.9. The molecule has 2 rings (SSSR count). The van der Waals surface area contributed by atoms with Gasteiger partial charge in [-0.15, -0.1) is 0 Å². The first-order chi connectivity index (χ1) is 13.7. The predicted molar refractivity (Wildman–Crippen MR) is 131 cm³/mol. The van der Waals surface area contributed by atoms with Crippen LogP contribution in [0.5, 0.6) is 0 Å². The highest BCUT2D eigenvalue weighted by Gasteiger charge is 2.56. The summed E-state index contributed by atoms with van der Waals surface area (Å²) in [4.78, 5) is 12.9. The van der Waals surface area contributed by atoms with Gasteiger partial charge in [0.15, 0.2) is 28.2 Å². The zero-order valence-corrected chi connectivity index (χ0v) is 24.1. The van der Waals surface area contributed by atoms with Gasteiger partial charge in [-0.1, -0.05) is 48.5 Å². The van der Waals surface area contributed by atoms with Gasteiger partial charge in [-0.2, -0.15) is 0 Å². The van der Waals surface area contributed by atoms with Crippen molar-refractivity contribution >= 4 is 22.4 Å². The molecule has 7 heteroatoms. The molecule has 0 N–H and O–H groups in total. The molecule has 0 unspecified atom stereocenters. The summed E-state index contributed by atoms with van der Waals surface area (Å²) >= 11 is 0. The van der Waals surface area contributed by atoms with Gasteiger partial charge < -0.3 is 18.3 Å². The summed E-state index contributed by atoms with van der Waals surface area (Å²) in [5.74, 6) is -0.686. The molecule has 0 spiro atoms. The Morgan fingerprint density at radius 1 is 0.968 bits per heavy atom. The first-order valence-electron chi connectivity index (χ1n) is 11.7. The topological polar surface area (TPSA) is 54.0 Å². The molecule has 1 aliphatic heterocycles. The van der Waals surface area contributed by atoms with E-state index in [1.165, 1.54) is 0 Å². The number of carbonyl (C=O) groups excluding carboxylic acids is 1. The van der Waals surface area contributed by atoms with Crippen LogP contribution in [-0.2, 0) is 23.1 Å². The molecular weight excluding hydrogens is 424 g/mol. The van der Waals surface area contributed by atoms with E-state index < -0.39 is 28.5 Å². The smallest absolute Gasteiger partial charge is 0.193 e. The summed E-state index contributed by atoms with van der Waals surface area (Å²) in [7, 11) is -4.26. The minimum atomic E-state index is -2.13. The van der Waals surface area contributed by atoms with Crippen molar-refractivity contribution in [2.75, 3.05) is 0 Å². The molecule has 0 aromatic carbocycles. The molecule has 0 bridgehead atoms. The van der Waals surface area contributed by atoms with Crippen molar-refractivity contribution in [3.05, 3.63) is 11.6 Å². The summed E-state index contributed by atoms with van der Waals surface area (Å²) in [6.45, 7) is 28.1. The lowest BCUT2D eigenvalue weighted by atomic mass is 9.87. The Labute approximate surface area is 192 Å². The summed E-state index contributed by atoms with van der Waals surface area (Å²) in [6, 6.07) is 0. The summed E-state index contributed by atoms with van der Waals surface area (Å²) in [5.41, 5.74) is 0.678. The quantitative estimate of drug-likeness (QED) is 0.432. The zero-order chi connectivity index (χ0) is 24.2. The largest absolute Gasteiger partial charge is 0.408 e. The average Bonchev–Trinajstić information content (AvgIpc) is 2.89. The van der Waals surface area contributed by atoms with Gasteiger partial charge in [0.1, 0.15) is 18.3 Å². The molecule has 0 aromatic heterocycles. The van der Waals surface area contributed by atoms with Crippen molar-refractivity contribution in [1.29, 1.82) is 0 Å². The fraction of sp³-hybridized carbons (Fsp3) is 0.875. The molecule has 0 saturated carbocycles. The highest BCUT2D eigenvalue weighted by molar-refractivity contribution is 6.74. The fourth-order valence-corrected chi connectivity index (χ4v) is 6.09. The fourth-order valence-electron chi connectivity index (χ4n) is 3.55. The van der Waals surface area contributed by atoms with Crippen molar-refractivity contribution in [2.45, 2.75) is 135 Å². The number of rotatable bonds is 6. The Kier molecular flexibility index (Phi) is 7.36. The Morgan fingerprint density at radius 3 is 1.90 bits per heavy atom. The SMILES string of the molecule is CCC(=O)C1=C[C@H](O[Si](C)(C)C(C)(C)C)[C@@H](O[Si](C)(C)C(C)(C)C)[C@@H]2OC(C)(C)O[C@H]12. The van der Waals surface area contributed by atoms with E-state index >= 15 is 0 Å². The normalized spacial score (nSPS) is 29.5. The standard InChI is InChI=1S/C24H46O5Si2/c1-14-17(25)16-15-18(28-30(10,11)22(2,3)4)20(29-31(12,13)23(5,6)7)21-19(16)26-24(8,9)27-21/h15,18-21H,14H2,1-13H3/t18-,19+,20+,21+/m0/s1. The second-order valence-corrected chi connectivity index (χ2v) is 22.1. The predicted octanol–water partition coefficient (Wildman–Crippen LogP) is 6.21. The Balaban J connectivity index is 2.58. The molecule has 4 atom stereocenters. The van der Waals surface area contributed by atoms with Crippen LogP contribution in [0.3, 0.4) is 0 Å². The molecule has 180 valence electrons. The molecule has 1 saturated heterocycles. The van der Waals surface area contributed by atoms with E-state index in [1.54, 1.807) is 0 Å². The monoisotopic (exact) mass is 470 g/mol. The van der Waals surface area contributed by atoms with Crippen LogP contribution in [0.1, 0.15) is 68.7 Å². The lowest BCUT2D eigenvalue weighted by Gasteiger charge is -2.47. The number of ketones is 1. The molecule has 0 amide bonds. The van der Waals surface area contributed by atoms with E-state index in [9.17, 15) is 4.79 Å². The molecular formula is C24H46O5Si2. The van der Waals surface area contributed by atoms with Gasteiger partial charge in [0.2, 0.25) is 0 Å². The van der Waals surface area contributed by atoms with E-state index in [4.69, 9.17) is 18.3 Å². The maximum Gasteiger partial charge on any atom is 0.193 e. The van der Waals surface area contributed by atoms with Gasteiger partial charge in [-0.05, 0) is 56.2 Å². The Hall–Kier alpha value is -0.316. The van der Waals surface area contributed by atoms with Gasteiger partial charge in [0.25, 0.3) is 0 Å². The average molecular weight is 471 g/mol. The van der Waals surface area contributed by atoms with Crippen molar-refractivity contribution in [3.8, 4) is 0 Å². The van der Waals surface area contributed by atoms with Gasteiger partial charge in [0, 0.05) is 12.0 Å². The second kappa shape index (κ2) is 8.47. The molecule has 0 aromatic rings. The minimum absolute atomic E-state index is 0.0421. The van der Waals surface area contributed by atoms with Crippen LogP contribution in [0.15, 0.2) is 11.6 Å². The lowest BCUT2D eigenvalue weighted by molar-refractivity contribution is -0.156. The third-order valence-corrected chi connectivity index (χ3v) is 16.5. The molecule has 2 aliphatic rings. The Morgan fingerprint density at radius 2 is 1.45 bits per heavy atom. The molecule has 1 aliphatic carbocycles. The van der Waals surface area contributed by atoms with Crippen LogP contribution in [0, 0.1) is 0 Å². The number of hydrogen-bond donors (Lipinski definition) is 0. The van der Waals surface area contributed by atoms with E-state index in [1.807, 2.05) is 26.8 Å². The van der Waals surface area contributed by atoms with E-state index in [0.717, 1.165) is 0 Å². The maximum absolute atomic E-state index is 12.9. The number of ether oxygens (including phenoxy) is 2. The molecule has 1 fully saturated rings. The molecule has 1 heterocycles. The summed E-state index contributed by atoms with van der Waals surface area (Å²) in [6.07, 6.45) is 0.996. The van der Waals surface area contributed by atoms with Gasteiger partial charge >= 0.3 is 0 Å². The minimum Gasteiger partial charge on any atom is -0.408 e. The van der Waals surface area contributed by atoms with Crippen LogP contribution >= 0.6 is 0 Å². The molecule has 31 heavy (non-hydrogen) atoms. The zero-order valence-electron chi connectivity index (χ0n) is 22.1. The molecule has 0 radical (unpaired) electrons. The van der Waals surface area contributed by atoms with Crippen molar-refractivity contribution in [1.82, 2.24) is 0 Å². The van der Waals surface area contributed by atoms with Gasteiger partial charge in [-0.25, -0.2) is 0 Å². The number of fused-ring (bicyclic) bond motifs is 1. The van der Waals surface area contributed by atoms with Crippen LogP contribution in [-0.4, -0.2) is 52.6 Å². The van der Waals surface area contributed by atoms with Crippen molar-refractivity contribution in [2.24, 2.45) is 0 Å². The first kappa shape index (κ1) is 26.9. The van der Waals surface area contributed by atoms with E-state index in [-0.39, 0.29) is 34.2 Å². The third-order valence-electron chi connectivity index (χ3n) is 7.54. The number of carbonyl (C=O) groups is 1. The van der Waals surface area contributed by atoms with Crippen molar-refractivity contribution in [3.63, 3.8) is 0 Å². The number of hydrogen-bond acceptors (Lipinski definition) is 5. The van der Waals surface area contributed by atoms with Gasteiger partial charge in [-0.3, -0.25) is 4.79 Å². The Bertz CT molecular complexity index is 712. The third kappa shape index (κ3) is 5.61. The van der Waals surface area contributed by atoms with Crippen LogP contribution in [0.25, 0.3) is 0 Å². The lowest BCUT2D eigenvalue weighted by Crippen LogP contribution is -2.59.